The van der Waals surface area contributed by atoms with Crippen molar-refractivity contribution in [2.45, 2.75) is 19.2 Å². The Kier molecular flexibility index (Phi) is 4.79. The highest BCUT2D eigenvalue weighted by Gasteiger charge is 2.35. The second kappa shape index (κ2) is 6.45. The molecule has 0 saturated heterocycles. The highest BCUT2D eigenvalue weighted by atomic mass is 19.4. The zero-order chi connectivity index (χ0) is 17.2. The third-order valence-corrected chi connectivity index (χ3v) is 3.02. The van der Waals surface area contributed by atoms with E-state index < -0.39 is 18.1 Å². The summed E-state index contributed by atoms with van der Waals surface area (Å²) in [5.74, 6) is -0.716. The van der Waals surface area contributed by atoms with Crippen LogP contribution in [-0.2, 0) is 6.18 Å². The lowest BCUT2D eigenvalue weighted by atomic mass is 10.2. The number of nitrogens with zero attached hydrogens (tertiary/aromatic N) is 2. The normalized spacial score (nSPS) is 13.0. The number of halogens is 3. The van der Waals surface area contributed by atoms with Crippen molar-refractivity contribution in [3.05, 3.63) is 18.0 Å². The van der Waals surface area contributed by atoms with Crippen LogP contribution < -0.4 is 14.8 Å². The summed E-state index contributed by atoms with van der Waals surface area (Å²) in [7, 11) is 2.79. The van der Waals surface area contributed by atoms with Gasteiger partial charge in [0.1, 0.15) is 5.82 Å². The molecular formula is C14H16F3N3O3. The maximum Gasteiger partial charge on any atom is 0.451 e. The van der Waals surface area contributed by atoms with Gasteiger partial charge >= 0.3 is 6.18 Å². The Balaban J connectivity index is 2.67. The molecule has 1 unspecified atom stereocenters. The van der Waals surface area contributed by atoms with Gasteiger partial charge in [-0.25, -0.2) is 9.97 Å². The van der Waals surface area contributed by atoms with E-state index in [4.69, 9.17) is 9.47 Å². The molecule has 6 nitrogen and oxygen atoms in total. The summed E-state index contributed by atoms with van der Waals surface area (Å²) in [6, 6.07) is 2.83. The Morgan fingerprint density at radius 2 is 1.78 bits per heavy atom. The standard InChI is InChI=1S/C14H16F3N3O3/c1-7(21)6-18-12-8-4-10(22-2)11(23-3)5-9(8)19-13(20-12)14(15,16)17/h4-5,7,21H,6H2,1-3H3,(H,18,19,20). The summed E-state index contributed by atoms with van der Waals surface area (Å²) in [5.41, 5.74) is 0.0538. The van der Waals surface area contributed by atoms with Gasteiger partial charge in [0, 0.05) is 18.0 Å². The number of aromatic nitrogens is 2. The van der Waals surface area contributed by atoms with Gasteiger partial charge in [-0.2, -0.15) is 13.2 Å². The quantitative estimate of drug-likeness (QED) is 0.876. The van der Waals surface area contributed by atoms with Crippen molar-refractivity contribution >= 4 is 16.7 Å². The van der Waals surface area contributed by atoms with E-state index in [2.05, 4.69) is 15.3 Å². The van der Waals surface area contributed by atoms with E-state index in [9.17, 15) is 18.3 Å². The highest BCUT2D eigenvalue weighted by Crippen LogP contribution is 2.36. The summed E-state index contributed by atoms with van der Waals surface area (Å²) in [6.45, 7) is 1.54. The summed E-state index contributed by atoms with van der Waals surface area (Å²) >= 11 is 0. The van der Waals surface area contributed by atoms with Crippen LogP contribution in [0, 0.1) is 0 Å². The first-order valence-electron chi connectivity index (χ1n) is 6.69. The molecule has 1 aromatic carbocycles. The summed E-state index contributed by atoms with van der Waals surface area (Å²) in [5, 5.41) is 12.3. The minimum Gasteiger partial charge on any atom is -0.493 e. The van der Waals surface area contributed by atoms with Crippen LogP contribution in [-0.4, -0.2) is 41.9 Å². The monoisotopic (exact) mass is 331 g/mol. The van der Waals surface area contributed by atoms with Crippen molar-refractivity contribution in [2.75, 3.05) is 26.1 Å². The summed E-state index contributed by atoms with van der Waals surface area (Å²) in [6.07, 6.45) is -5.45. The van der Waals surface area contributed by atoms with Gasteiger partial charge in [-0.05, 0) is 13.0 Å². The van der Waals surface area contributed by atoms with E-state index in [-0.39, 0.29) is 23.6 Å². The molecule has 0 fully saturated rings. The number of methoxy groups -OCH3 is 2. The Labute approximate surface area is 130 Å². The molecule has 0 spiro atoms. The van der Waals surface area contributed by atoms with Crippen molar-refractivity contribution in [1.29, 1.82) is 0 Å². The van der Waals surface area contributed by atoms with Crippen LogP contribution in [0.1, 0.15) is 12.7 Å². The fraction of sp³-hybridized carbons (Fsp3) is 0.429. The molecule has 1 aromatic heterocycles. The average Bonchev–Trinajstić information content (AvgIpc) is 2.49. The van der Waals surface area contributed by atoms with E-state index in [0.717, 1.165) is 0 Å². The molecule has 23 heavy (non-hydrogen) atoms. The molecule has 0 radical (unpaired) electrons. The molecule has 1 atom stereocenters. The second-order valence-electron chi connectivity index (χ2n) is 4.85. The number of ether oxygens (including phenoxy) is 2. The minimum absolute atomic E-state index is 0.0378. The average molecular weight is 331 g/mol. The first-order valence-corrected chi connectivity index (χ1v) is 6.69. The molecule has 126 valence electrons. The first-order chi connectivity index (χ1) is 10.8. The molecule has 0 aliphatic heterocycles. The molecule has 0 aliphatic carbocycles. The molecule has 2 N–H and O–H groups in total. The predicted octanol–water partition coefficient (Wildman–Crippen LogP) is 2.46. The Bertz CT molecular complexity index is 705. The van der Waals surface area contributed by atoms with Gasteiger partial charge in [-0.3, -0.25) is 0 Å². The molecule has 2 rings (SSSR count). The van der Waals surface area contributed by atoms with Gasteiger partial charge in [0.05, 0.1) is 25.8 Å². The van der Waals surface area contributed by atoms with Crippen molar-refractivity contribution in [3.8, 4) is 11.5 Å². The number of alkyl halides is 3. The van der Waals surface area contributed by atoms with E-state index in [1.807, 2.05) is 0 Å². The third kappa shape index (κ3) is 3.73. The van der Waals surface area contributed by atoms with Crippen LogP contribution >= 0.6 is 0 Å². The number of fused-ring (bicyclic) bond motifs is 1. The Hall–Kier alpha value is -2.29. The number of hydrogen-bond donors (Lipinski definition) is 2. The fourth-order valence-electron chi connectivity index (χ4n) is 1.96. The maximum atomic E-state index is 13.0. The van der Waals surface area contributed by atoms with E-state index in [1.165, 1.54) is 33.3 Å². The number of anilines is 1. The molecule has 2 aromatic rings. The number of rotatable bonds is 5. The van der Waals surface area contributed by atoms with Crippen molar-refractivity contribution in [1.82, 2.24) is 9.97 Å². The largest absolute Gasteiger partial charge is 0.493 e. The molecule has 0 bridgehead atoms. The van der Waals surface area contributed by atoms with Crippen molar-refractivity contribution in [2.24, 2.45) is 0 Å². The van der Waals surface area contributed by atoms with Crippen LogP contribution in [0.2, 0.25) is 0 Å². The van der Waals surface area contributed by atoms with Gasteiger partial charge in [0.15, 0.2) is 11.5 Å². The van der Waals surface area contributed by atoms with Crippen LogP contribution in [0.3, 0.4) is 0 Å². The summed E-state index contributed by atoms with van der Waals surface area (Å²) in [4.78, 5) is 7.06. The lowest BCUT2D eigenvalue weighted by Crippen LogP contribution is -2.19. The lowest BCUT2D eigenvalue weighted by Gasteiger charge is -2.15. The zero-order valence-electron chi connectivity index (χ0n) is 12.7. The zero-order valence-corrected chi connectivity index (χ0v) is 12.7. The maximum absolute atomic E-state index is 13.0. The van der Waals surface area contributed by atoms with Crippen molar-refractivity contribution in [3.63, 3.8) is 0 Å². The van der Waals surface area contributed by atoms with Crippen LogP contribution in [0.4, 0.5) is 19.0 Å². The number of benzene rings is 1. The van der Waals surface area contributed by atoms with E-state index in [0.29, 0.717) is 11.1 Å². The fourth-order valence-corrected chi connectivity index (χ4v) is 1.96. The van der Waals surface area contributed by atoms with Gasteiger partial charge < -0.3 is 19.9 Å². The minimum atomic E-state index is -4.69. The first kappa shape index (κ1) is 17.1. The third-order valence-electron chi connectivity index (χ3n) is 3.02. The predicted molar refractivity (Wildman–Crippen MR) is 77.8 cm³/mol. The van der Waals surface area contributed by atoms with Gasteiger partial charge in [0.2, 0.25) is 5.82 Å². The molecule has 0 amide bonds. The lowest BCUT2D eigenvalue weighted by molar-refractivity contribution is -0.144. The Morgan fingerprint density at radius 3 is 2.30 bits per heavy atom. The van der Waals surface area contributed by atoms with Crippen LogP contribution in [0.25, 0.3) is 10.9 Å². The van der Waals surface area contributed by atoms with Crippen molar-refractivity contribution < 1.29 is 27.8 Å². The topological polar surface area (TPSA) is 76.5 Å². The molecule has 0 aliphatic rings. The number of aliphatic hydroxyl groups excluding tert-OH is 1. The number of aliphatic hydroxyl groups is 1. The molecule has 0 saturated carbocycles. The molecular weight excluding hydrogens is 315 g/mol. The van der Waals surface area contributed by atoms with Gasteiger partial charge in [-0.1, -0.05) is 0 Å². The van der Waals surface area contributed by atoms with Gasteiger partial charge in [0.25, 0.3) is 0 Å². The molecule has 1 heterocycles. The Morgan fingerprint density at radius 1 is 1.17 bits per heavy atom. The van der Waals surface area contributed by atoms with E-state index in [1.54, 1.807) is 0 Å². The van der Waals surface area contributed by atoms with Crippen LogP contribution in [0.15, 0.2) is 12.1 Å². The SMILES string of the molecule is COc1cc2nc(C(F)(F)F)nc(NCC(C)O)c2cc1OC. The van der Waals surface area contributed by atoms with Crippen LogP contribution in [0.5, 0.6) is 11.5 Å². The number of hydrogen-bond acceptors (Lipinski definition) is 6. The summed E-state index contributed by atoms with van der Waals surface area (Å²) < 4.78 is 49.1. The highest BCUT2D eigenvalue weighted by molar-refractivity contribution is 5.91. The smallest absolute Gasteiger partial charge is 0.451 e. The second-order valence-corrected chi connectivity index (χ2v) is 4.85. The number of nitrogens with one attached hydrogen (secondary N) is 1. The van der Waals surface area contributed by atoms with Gasteiger partial charge in [-0.15, -0.1) is 0 Å². The van der Waals surface area contributed by atoms with E-state index >= 15 is 0 Å². The molecule has 9 heteroatoms.